The summed E-state index contributed by atoms with van der Waals surface area (Å²) in [7, 11) is 0. The average molecular weight is 418 g/mol. The van der Waals surface area contributed by atoms with Crippen molar-refractivity contribution < 1.29 is 4.79 Å². The smallest absolute Gasteiger partial charge is 0.267 e. The standard InChI is InChI=1S/C17H12BrN3OS2/c18-15-6-5-11(23-15)7-10(8-19)16(22)21-17-13(9-20)12-3-1-2-4-14(12)24-17/h5-7H,1-4H2,(H,21,22). The SMILES string of the molecule is N#CC(=Cc1ccc(Br)s1)C(=O)Nc1sc2c(c1C#N)CCCC2. The normalized spacial score (nSPS) is 13.7. The van der Waals surface area contributed by atoms with Crippen molar-refractivity contribution in [1.29, 1.82) is 10.5 Å². The molecule has 1 amide bonds. The Bertz CT molecular complexity index is 911. The molecule has 0 bridgehead atoms. The van der Waals surface area contributed by atoms with Crippen LogP contribution in [-0.2, 0) is 17.6 Å². The number of hydrogen-bond acceptors (Lipinski definition) is 5. The van der Waals surface area contributed by atoms with Crippen LogP contribution in [0.5, 0.6) is 0 Å². The summed E-state index contributed by atoms with van der Waals surface area (Å²) in [6.45, 7) is 0. The average Bonchev–Trinajstić information content (AvgIpc) is 3.14. The van der Waals surface area contributed by atoms with Gasteiger partial charge in [-0.1, -0.05) is 0 Å². The molecule has 3 rings (SSSR count). The number of carbonyl (C=O) groups is 1. The van der Waals surface area contributed by atoms with Gasteiger partial charge in [0.05, 0.1) is 9.35 Å². The molecule has 0 fully saturated rings. The summed E-state index contributed by atoms with van der Waals surface area (Å²) in [5.41, 5.74) is 1.65. The van der Waals surface area contributed by atoms with Crippen LogP contribution in [0.3, 0.4) is 0 Å². The highest BCUT2D eigenvalue weighted by Gasteiger charge is 2.22. The first-order valence-electron chi connectivity index (χ1n) is 7.35. The van der Waals surface area contributed by atoms with E-state index in [0.29, 0.717) is 10.6 Å². The Labute approximate surface area is 156 Å². The Morgan fingerprint density at radius 1 is 1.25 bits per heavy atom. The number of fused-ring (bicyclic) bond motifs is 1. The number of thiophene rings is 2. The number of carbonyl (C=O) groups excluding carboxylic acids is 1. The second-order valence-electron chi connectivity index (χ2n) is 5.29. The molecule has 120 valence electrons. The molecular formula is C17H12BrN3OS2. The number of nitriles is 2. The van der Waals surface area contributed by atoms with Crippen LogP contribution in [0.25, 0.3) is 6.08 Å². The maximum absolute atomic E-state index is 12.4. The second-order valence-corrected chi connectivity index (χ2v) is 8.89. The lowest BCUT2D eigenvalue weighted by Gasteiger charge is -2.09. The number of amides is 1. The van der Waals surface area contributed by atoms with E-state index in [1.807, 2.05) is 18.2 Å². The minimum absolute atomic E-state index is 0.0274. The number of aryl methyl sites for hydroxylation is 1. The zero-order chi connectivity index (χ0) is 17.1. The van der Waals surface area contributed by atoms with Crippen molar-refractivity contribution in [2.45, 2.75) is 25.7 Å². The fraction of sp³-hybridized carbons (Fsp3) is 0.235. The monoisotopic (exact) mass is 417 g/mol. The van der Waals surface area contributed by atoms with Gasteiger partial charge in [-0.3, -0.25) is 4.79 Å². The molecule has 1 aliphatic rings. The van der Waals surface area contributed by atoms with E-state index in [0.717, 1.165) is 39.9 Å². The number of halogens is 1. The Kier molecular flexibility index (Phi) is 5.15. The minimum atomic E-state index is -0.475. The lowest BCUT2D eigenvalue weighted by atomic mass is 9.96. The molecule has 7 heteroatoms. The van der Waals surface area contributed by atoms with E-state index in [1.54, 1.807) is 6.08 Å². The van der Waals surface area contributed by atoms with Crippen molar-refractivity contribution >= 4 is 55.6 Å². The van der Waals surface area contributed by atoms with Gasteiger partial charge in [0.25, 0.3) is 5.91 Å². The Morgan fingerprint density at radius 2 is 2.04 bits per heavy atom. The molecule has 1 N–H and O–H groups in total. The molecule has 0 aromatic carbocycles. The van der Waals surface area contributed by atoms with Crippen molar-refractivity contribution in [2.75, 3.05) is 5.32 Å². The molecule has 0 aliphatic heterocycles. The fourth-order valence-corrected chi connectivity index (χ4v) is 5.24. The molecule has 0 saturated heterocycles. The van der Waals surface area contributed by atoms with E-state index >= 15 is 0 Å². The summed E-state index contributed by atoms with van der Waals surface area (Å²) in [5, 5.41) is 22.0. The zero-order valence-corrected chi connectivity index (χ0v) is 15.8. The number of anilines is 1. The maximum atomic E-state index is 12.4. The zero-order valence-electron chi connectivity index (χ0n) is 12.6. The van der Waals surface area contributed by atoms with Crippen LogP contribution in [0.2, 0.25) is 0 Å². The van der Waals surface area contributed by atoms with E-state index < -0.39 is 5.91 Å². The number of rotatable bonds is 3. The highest BCUT2D eigenvalue weighted by atomic mass is 79.9. The van der Waals surface area contributed by atoms with Gasteiger partial charge < -0.3 is 5.32 Å². The maximum Gasteiger partial charge on any atom is 0.267 e. The van der Waals surface area contributed by atoms with Crippen molar-refractivity contribution in [1.82, 2.24) is 0 Å². The summed E-state index contributed by atoms with van der Waals surface area (Å²) in [6.07, 6.45) is 5.58. The molecule has 1 aliphatic carbocycles. The molecule has 2 aromatic rings. The Hall–Kier alpha value is -1.93. The number of hydrogen-bond donors (Lipinski definition) is 1. The summed E-state index contributed by atoms with van der Waals surface area (Å²) >= 11 is 6.26. The molecule has 0 saturated carbocycles. The highest BCUT2D eigenvalue weighted by molar-refractivity contribution is 9.11. The molecule has 24 heavy (non-hydrogen) atoms. The highest BCUT2D eigenvalue weighted by Crippen LogP contribution is 2.37. The van der Waals surface area contributed by atoms with Crippen LogP contribution in [0, 0.1) is 22.7 Å². The van der Waals surface area contributed by atoms with E-state index in [4.69, 9.17) is 0 Å². The first-order valence-corrected chi connectivity index (χ1v) is 9.78. The topological polar surface area (TPSA) is 76.7 Å². The minimum Gasteiger partial charge on any atom is -0.312 e. The third-order valence-electron chi connectivity index (χ3n) is 3.76. The van der Waals surface area contributed by atoms with Crippen LogP contribution < -0.4 is 5.32 Å². The van der Waals surface area contributed by atoms with Gasteiger partial charge in [-0.05, 0) is 65.4 Å². The molecule has 0 atom stereocenters. The second kappa shape index (κ2) is 7.31. The quantitative estimate of drug-likeness (QED) is 0.571. The number of nitrogens with zero attached hydrogens (tertiary/aromatic N) is 2. The van der Waals surface area contributed by atoms with E-state index in [-0.39, 0.29) is 5.57 Å². The van der Waals surface area contributed by atoms with Gasteiger partial charge in [-0.15, -0.1) is 22.7 Å². The van der Waals surface area contributed by atoms with Gasteiger partial charge in [0.15, 0.2) is 0 Å². The van der Waals surface area contributed by atoms with E-state index in [9.17, 15) is 15.3 Å². The van der Waals surface area contributed by atoms with E-state index in [2.05, 4.69) is 27.3 Å². The van der Waals surface area contributed by atoms with Crippen molar-refractivity contribution in [3.8, 4) is 12.1 Å². The van der Waals surface area contributed by atoms with Crippen LogP contribution in [0.1, 0.15) is 33.7 Å². The van der Waals surface area contributed by atoms with Crippen LogP contribution in [-0.4, -0.2) is 5.91 Å². The van der Waals surface area contributed by atoms with Crippen LogP contribution >= 0.6 is 38.6 Å². The van der Waals surface area contributed by atoms with Gasteiger partial charge in [0.1, 0.15) is 22.7 Å². The predicted octanol–water partition coefficient (Wildman–Crippen LogP) is 4.87. The molecule has 0 spiro atoms. The van der Waals surface area contributed by atoms with E-state index in [1.165, 1.54) is 27.6 Å². The first kappa shape index (κ1) is 16.9. The summed E-state index contributed by atoms with van der Waals surface area (Å²) < 4.78 is 0.934. The third-order valence-corrected chi connectivity index (χ3v) is 6.53. The summed E-state index contributed by atoms with van der Waals surface area (Å²) in [6, 6.07) is 7.85. The number of nitrogens with one attached hydrogen (secondary N) is 1. The van der Waals surface area contributed by atoms with Crippen LogP contribution in [0.15, 0.2) is 21.5 Å². The lowest BCUT2D eigenvalue weighted by molar-refractivity contribution is -0.112. The predicted molar refractivity (Wildman–Crippen MR) is 99.9 cm³/mol. The Morgan fingerprint density at radius 3 is 2.71 bits per heavy atom. The van der Waals surface area contributed by atoms with Gasteiger partial charge in [0, 0.05) is 9.75 Å². The summed E-state index contributed by atoms with van der Waals surface area (Å²) in [5.74, 6) is -0.475. The van der Waals surface area contributed by atoms with Crippen LogP contribution in [0.4, 0.5) is 5.00 Å². The van der Waals surface area contributed by atoms with Gasteiger partial charge >= 0.3 is 0 Å². The molecule has 2 heterocycles. The molecule has 0 unspecified atom stereocenters. The van der Waals surface area contributed by atoms with Gasteiger partial charge in [0.2, 0.25) is 0 Å². The third kappa shape index (κ3) is 3.44. The molecular weight excluding hydrogens is 406 g/mol. The Balaban J connectivity index is 1.87. The van der Waals surface area contributed by atoms with Crippen molar-refractivity contribution in [3.05, 3.63) is 42.4 Å². The first-order chi connectivity index (χ1) is 11.6. The van der Waals surface area contributed by atoms with Crippen molar-refractivity contribution in [2.24, 2.45) is 0 Å². The molecule has 2 aromatic heterocycles. The largest absolute Gasteiger partial charge is 0.312 e. The van der Waals surface area contributed by atoms with Crippen molar-refractivity contribution in [3.63, 3.8) is 0 Å². The lowest BCUT2D eigenvalue weighted by Crippen LogP contribution is -2.13. The molecule has 0 radical (unpaired) electrons. The fourth-order valence-electron chi connectivity index (χ4n) is 2.64. The van der Waals surface area contributed by atoms with Gasteiger partial charge in [-0.2, -0.15) is 10.5 Å². The summed E-state index contributed by atoms with van der Waals surface area (Å²) in [4.78, 5) is 14.4. The molecule has 4 nitrogen and oxygen atoms in total. The van der Waals surface area contributed by atoms with Gasteiger partial charge in [-0.25, -0.2) is 0 Å².